The van der Waals surface area contributed by atoms with Gasteiger partial charge in [0.05, 0.1) is 12.1 Å². The summed E-state index contributed by atoms with van der Waals surface area (Å²) in [6.07, 6.45) is 0.824. The number of carbonyl (C=O) groups is 2. The lowest BCUT2D eigenvalue weighted by Crippen LogP contribution is -2.42. The first kappa shape index (κ1) is 19.9. The maximum atomic E-state index is 13.6. The fourth-order valence-electron chi connectivity index (χ4n) is 4.08. The van der Waals surface area contributed by atoms with Gasteiger partial charge in [-0.3, -0.25) is 9.59 Å². The summed E-state index contributed by atoms with van der Waals surface area (Å²) >= 11 is 0. The van der Waals surface area contributed by atoms with Crippen molar-refractivity contribution >= 4 is 11.8 Å². The molecule has 2 amide bonds. The zero-order valence-electron chi connectivity index (χ0n) is 17.1. The molecule has 0 unspecified atom stereocenters. The zero-order chi connectivity index (χ0) is 21.3. The Kier molecular flexibility index (Phi) is 5.40. The minimum Gasteiger partial charge on any atom is -0.343 e. The molecule has 1 N–H and O–H groups in total. The Hall–Kier alpha value is -3.41. The molecule has 0 radical (unpaired) electrons. The maximum Gasteiger partial charge on any atom is 0.253 e. The molecule has 5 nitrogen and oxygen atoms in total. The first-order valence-electron chi connectivity index (χ1n) is 10.0. The summed E-state index contributed by atoms with van der Waals surface area (Å²) in [6, 6.07) is 16.1. The highest BCUT2D eigenvalue weighted by Crippen LogP contribution is 2.22. The quantitative estimate of drug-likeness (QED) is 0.722. The van der Waals surface area contributed by atoms with Gasteiger partial charge in [-0.25, -0.2) is 4.39 Å². The van der Waals surface area contributed by atoms with Gasteiger partial charge in [0.15, 0.2) is 0 Å². The summed E-state index contributed by atoms with van der Waals surface area (Å²) in [5, 5.41) is 2.75. The van der Waals surface area contributed by atoms with Crippen molar-refractivity contribution in [3.05, 3.63) is 88.5 Å². The van der Waals surface area contributed by atoms with E-state index in [0.717, 1.165) is 17.7 Å². The molecule has 2 aromatic carbocycles. The van der Waals surface area contributed by atoms with Gasteiger partial charge in [-0.15, -0.1) is 0 Å². The number of fused-ring (bicyclic) bond motifs is 1. The second-order valence-corrected chi connectivity index (χ2v) is 7.62. The smallest absolute Gasteiger partial charge is 0.253 e. The second-order valence-electron chi connectivity index (χ2n) is 7.62. The van der Waals surface area contributed by atoms with Gasteiger partial charge >= 0.3 is 0 Å². The minimum atomic E-state index is -0.334. The Labute approximate surface area is 175 Å². The molecule has 0 spiro atoms. The van der Waals surface area contributed by atoms with E-state index in [9.17, 15) is 14.0 Å². The molecule has 3 aromatic rings. The van der Waals surface area contributed by atoms with Crippen LogP contribution < -0.4 is 5.32 Å². The van der Waals surface area contributed by atoms with Crippen molar-refractivity contribution in [1.82, 2.24) is 14.8 Å². The van der Waals surface area contributed by atoms with Crippen LogP contribution in [0.15, 0.2) is 54.6 Å². The predicted octanol–water partition coefficient (Wildman–Crippen LogP) is 3.55. The molecule has 0 saturated heterocycles. The number of aryl methyl sites for hydroxylation is 1. The Morgan fingerprint density at radius 1 is 1.03 bits per heavy atom. The number of benzene rings is 2. The third kappa shape index (κ3) is 3.85. The number of carbonyl (C=O) groups excluding carboxylic acids is 2. The minimum absolute atomic E-state index is 0.0510. The van der Waals surface area contributed by atoms with Crippen LogP contribution in [0.4, 0.5) is 4.39 Å². The highest BCUT2D eigenvalue weighted by Gasteiger charge is 2.22. The molecular formula is C24H24FN3O2. The third-order valence-electron chi connectivity index (χ3n) is 5.63. The fourth-order valence-corrected chi connectivity index (χ4v) is 4.08. The van der Waals surface area contributed by atoms with Crippen LogP contribution in [0.25, 0.3) is 5.69 Å². The van der Waals surface area contributed by atoms with Crippen LogP contribution in [-0.2, 0) is 17.8 Å². The molecule has 1 aromatic heterocycles. The normalized spacial score (nSPS) is 13.1. The van der Waals surface area contributed by atoms with E-state index in [1.807, 2.05) is 36.6 Å². The van der Waals surface area contributed by atoms with Crippen molar-refractivity contribution < 1.29 is 14.0 Å². The van der Waals surface area contributed by atoms with Crippen molar-refractivity contribution in [1.29, 1.82) is 0 Å². The Bertz CT molecular complexity index is 1120. The summed E-state index contributed by atoms with van der Waals surface area (Å²) in [5.41, 5.74) is 5.09. The van der Waals surface area contributed by atoms with E-state index in [0.29, 0.717) is 30.0 Å². The maximum absolute atomic E-state index is 13.6. The van der Waals surface area contributed by atoms with Crippen molar-refractivity contribution in [3.63, 3.8) is 0 Å². The van der Waals surface area contributed by atoms with Gasteiger partial charge in [-0.05, 0) is 55.7 Å². The molecule has 0 atom stereocenters. The first-order valence-corrected chi connectivity index (χ1v) is 10.0. The van der Waals surface area contributed by atoms with Gasteiger partial charge in [-0.2, -0.15) is 0 Å². The molecule has 30 heavy (non-hydrogen) atoms. The molecule has 0 bridgehead atoms. The highest BCUT2D eigenvalue weighted by molar-refractivity contribution is 5.98. The van der Waals surface area contributed by atoms with E-state index < -0.39 is 0 Å². The van der Waals surface area contributed by atoms with Crippen LogP contribution in [0, 0.1) is 19.7 Å². The number of nitrogens with zero attached hydrogens (tertiary/aromatic N) is 2. The highest BCUT2D eigenvalue weighted by atomic mass is 19.1. The van der Waals surface area contributed by atoms with Gasteiger partial charge in [0.1, 0.15) is 5.82 Å². The van der Waals surface area contributed by atoms with Gasteiger partial charge in [-0.1, -0.05) is 30.3 Å². The predicted molar refractivity (Wildman–Crippen MR) is 113 cm³/mol. The third-order valence-corrected chi connectivity index (χ3v) is 5.63. The van der Waals surface area contributed by atoms with E-state index in [4.69, 9.17) is 0 Å². The Morgan fingerprint density at radius 3 is 2.57 bits per heavy atom. The first-order chi connectivity index (χ1) is 14.4. The van der Waals surface area contributed by atoms with Crippen LogP contribution in [0.3, 0.4) is 0 Å². The second kappa shape index (κ2) is 8.14. The van der Waals surface area contributed by atoms with Crippen LogP contribution in [0.1, 0.15) is 32.9 Å². The van der Waals surface area contributed by atoms with Crippen molar-refractivity contribution in [2.75, 3.05) is 13.1 Å². The van der Waals surface area contributed by atoms with Crippen molar-refractivity contribution in [2.24, 2.45) is 0 Å². The molecule has 0 aliphatic carbocycles. The number of rotatable bonds is 4. The summed E-state index contributed by atoms with van der Waals surface area (Å²) in [7, 11) is 0. The summed E-state index contributed by atoms with van der Waals surface area (Å²) in [4.78, 5) is 27.1. The number of hydrogen-bond acceptors (Lipinski definition) is 2. The Balaban J connectivity index is 1.44. The lowest BCUT2D eigenvalue weighted by atomic mass is 10.00. The monoisotopic (exact) mass is 405 g/mol. The average molecular weight is 405 g/mol. The molecule has 0 fully saturated rings. The van der Waals surface area contributed by atoms with Crippen LogP contribution in [-0.4, -0.2) is 34.4 Å². The van der Waals surface area contributed by atoms with Crippen LogP contribution >= 0.6 is 0 Å². The average Bonchev–Trinajstić information content (AvgIpc) is 3.05. The molecule has 154 valence electrons. The topological polar surface area (TPSA) is 54.3 Å². The number of aromatic nitrogens is 1. The van der Waals surface area contributed by atoms with E-state index in [-0.39, 0.29) is 24.2 Å². The van der Waals surface area contributed by atoms with Crippen LogP contribution in [0.2, 0.25) is 0 Å². The molecule has 0 saturated carbocycles. The van der Waals surface area contributed by atoms with E-state index >= 15 is 0 Å². The van der Waals surface area contributed by atoms with Crippen molar-refractivity contribution in [2.45, 2.75) is 26.8 Å². The van der Waals surface area contributed by atoms with E-state index in [1.165, 1.54) is 17.7 Å². The SMILES string of the molecule is Cc1cc(C(=O)NCC(=O)N2CCc3ccccc3C2)c(C)n1-c1cccc(F)c1. The molecule has 1 aliphatic heterocycles. The largest absolute Gasteiger partial charge is 0.343 e. The number of nitrogens with one attached hydrogen (secondary N) is 1. The molecular weight excluding hydrogens is 381 g/mol. The van der Waals surface area contributed by atoms with Crippen LogP contribution in [0.5, 0.6) is 0 Å². The number of halogens is 1. The fraction of sp³-hybridized carbons (Fsp3) is 0.250. The van der Waals surface area contributed by atoms with Gasteiger partial charge in [0.25, 0.3) is 5.91 Å². The standard InChI is InChI=1S/C24H24FN3O2/c1-16-12-22(17(2)28(16)21-9-5-8-20(25)13-21)24(30)26-14-23(29)27-11-10-18-6-3-4-7-19(18)15-27/h3-9,12-13H,10-11,14-15H2,1-2H3,(H,26,30). The van der Waals surface area contributed by atoms with Crippen molar-refractivity contribution in [3.8, 4) is 5.69 Å². The lowest BCUT2D eigenvalue weighted by Gasteiger charge is -2.29. The van der Waals surface area contributed by atoms with Gasteiger partial charge in [0.2, 0.25) is 5.91 Å². The summed E-state index contributed by atoms with van der Waals surface area (Å²) < 4.78 is 15.5. The summed E-state index contributed by atoms with van der Waals surface area (Å²) in [6.45, 7) is 4.85. The Morgan fingerprint density at radius 2 is 1.80 bits per heavy atom. The lowest BCUT2D eigenvalue weighted by molar-refractivity contribution is -0.131. The number of hydrogen-bond donors (Lipinski definition) is 1. The van der Waals surface area contributed by atoms with Gasteiger partial charge < -0.3 is 14.8 Å². The molecule has 6 heteroatoms. The molecule has 1 aliphatic rings. The molecule has 2 heterocycles. The number of amides is 2. The molecule has 4 rings (SSSR count). The zero-order valence-corrected chi connectivity index (χ0v) is 17.1. The van der Waals surface area contributed by atoms with Gasteiger partial charge in [0, 0.05) is 30.2 Å². The van der Waals surface area contributed by atoms with E-state index in [1.54, 1.807) is 23.1 Å². The summed E-state index contributed by atoms with van der Waals surface area (Å²) in [5.74, 6) is -0.743. The van der Waals surface area contributed by atoms with E-state index in [2.05, 4.69) is 11.4 Å².